The third-order valence-electron chi connectivity index (χ3n) is 4.01. The van der Waals surface area contributed by atoms with Crippen LogP contribution in [0.15, 0.2) is 0 Å². The molecule has 1 rings (SSSR count). The Bertz CT molecular complexity index is 328. The van der Waals surface area contributed by atoms with Gasteiger partial charge in [0.05, 0.1) is 6.04 Å². The Morgan fingerprint density at radius 1 is 1.24 bits per heavy atom. The summed E-state index contributed by atoms with van der Waals surface area (Å²) in [6.45, 7) is 10.4. The largest absolute Gasteiger partial charge is 0.338 e. The van der Waals surface area contributed by atoms with E-state index in [0.29, 0.717) is 12.5 Å². The fourth-order valence-corrected chi connectivity index (χ4v) is 2.61. The highest BCUT2D eigenvalue weighted by molar-refractivity contribution is 5.96. The van der Waals surface area contributed by atoms with E-state index < -0.39 is 6.03 Å². The minimum atomic E-state index is -0.409. The van der Waals surface area contributed by atoms with Gasteiger partial charge in [0, 0.05) is 6.54 Å². The highest BCUT2D eigenvalue weighted by Crippen LogP contribution is 2.18. The quantitative estimate of drug-likeness (QED) is 0.611. The van der Waals surface area contributed by atoms with Crippen LogP contribution in [0.2, 0.25) is 0 Å². The molecule has 21 heavy (non-hydrogen) atoms. The van der Waals surface area contributed by atoms with E-state index in [0.717, 1.165) is 45.4 Å². The van der Waals surface area contributed by atoms with Gasteiger partial charge in [0.25, 0.3) is 0 Å². The van der Waals surface area contributed by atoms with Crippen molar-refractivity contribution in [3.8, 4) is 0 Å². The zero-order valence-electron chi connectivity index (χ0n) is 13.6. The molecule has 0 bridgehead atoms. The number of rotatable bonds is 7. The van der Waals surface area contributed by atoms with E-state index in [9.17, 15) is 9.59 Å². The van der Waals surface area contributed by atoms with Crippen molar-refractivity contribution in [3.63, 3.8) is 0 Å². The minimum Gasteiger partial charge on any atom is -0.338 e. The van der Waals surface area contributed by atoms with Gasteiger partial charge in [-0.2, -0.15) is 0 Å². The van der Waals surface area contributed by atoms with E-state index in [1.54, 1.807) is 0 Å². The Labute approximate surface area is 128 Å². The first-order valence-electron chi connectivity index (χ1n) is 8.11. The molecule has 1 aliphatic heterocycles. The van der Waals surface area contributed by atoms with Crippen molar-refractivity contribution in [3.05, 3.63) is 0 Å². The first-order chi connectivity index (χ1) is 10.1. The van der Waals surface area contributed by atoms with Crippen molar-refractivity contribution in [2.75, 3.05) is 32.7 Å². The van der Waals surface area contributed by atoms with Gasteiger partial charge in [0.1, 0.15) is 0 Å². The average Bonchev–Trinajstić information content (AvgIpc) is 2.47. The summed E-state index contributed by atoms with van der Waals surface area (Å²) in [5, 5.41) is 8.42. The zero-order valence-corrected chi connectivity index (χ0v) is 13.6. The third kappa shape index (κ3) is 6.44. The molecule has 3 amide bonds. The van der Waals surface area contributed by atoms with E-state index >= 15 is 0 Å². The molecule has 0 spiro atoms. The van der Waals surface area contributed by atoms with Gasteiger partial charge >= 0.3 is 6.03 Å². The predicted molar refractivity (Wildman–Crippen MR) is 84.1 cm³/mol. The summed E-state index contributed by atoms with van der Waals surface area (Å²) in [5.74, 6) is 0.481. The van der Waals surface area contributed by atoms with Crippen LogP contribution in [0.4, 0.5) is 4.79 Å². The van der Waals surface area contributed by atoms with Gasteiger partial charge in [0.2, 0.25) is 5.91 Å². The number of piperidine rings is 1. The smallest absolute Gasteiger partial charge is 0.321 e. The van der Waals surface area contributed by atoms with Crippen molar-refractivity contribution in [1.29, 1.82) is 0 Å². The lowest BCUT2D eigenvalue weighted by Crippen LogP contribution is -2.51. The molecule has 0 aromatic heterocycles. The lowest BCUT2D eigenvalue weighted by molar-refractivity contribution is -0.125. The number of nitrogens with one attached hydrogen (secondary N) is 3. The molecule has 122 valence electrons. The van der Waals surface area contributed by atoms with Crippen LogP contribution in [-0.4, -0.2) is 55.6 Å². The highest BCUT2D eigenvalue weighted by Gasteiger charge is 2.27. The molecule has 1 aliphatic rings. The minimum absolute atomic E-state index is 0.219. The Kier molecular flexibility index (Phi) is 8.30. The predicted octanol–water partition coefficient (Wildman–Crippen LogP) is 0.932. The summed E-state index contributed by atoms with van der Waals surface area (Å²) in [4.78, 5) is 25.5. The molecule has 0 aliphatic carbocycles. The number of likely N-dealkylation sites (tertiary alicyclic amines) is 1. The zero-order chi connectivity index (χ0) is 15.7. The second-order valence-electron chi connectivity index (χ2n) is 5.71. The maximum Gasteiger partial charge on any atom is 0.321 e. The van der Waals surface area contributed by atoms with E-state index in [4.69, 9.17) is 0 Å². The van der Waals surface area contributed by atoms with Crippen LogP contribution < -0.4 is 16.0 Å². The fourth-order valence-electron chi connectivity index (χ4n) is 2.61. The van der Waals surface area contributed by atoms with Crippen molar-refractivity contribution >= 4 is 11.9 Å². The molecular weight excluding hydrogens is 268 g/mol. The Hall–Kier alpha value is -1.14. The van der Waals surface area contributed by atoms with Gasteiger partial charge in [-0.05, 0) is 65.2 Å². The van der Waals surface area contributed by atoms with Crippen LogP contribution in [0.3, 0.4) is 0 Å². The number of imide groups is 1. The normalized spacial score (nSPS) is 18.2. The summed E-state index contributed by atoms with van der Waals surface area (Å²) in [7, 11) is 0. The summed E-state index contributed by atoms with van der Waals surface area (Å²) in [5.41, 5.74) is 0. The molecule has 3 N–H and O–H groups in total. The van der Waals surface area contributed by atoms with Crippen LogP contribution in [0, 0.1) is 5.92 Å². The standard InChI is InChI=1S/C15H30N4O2/c1-4-8-16-11-13-6-9-19(10-7-13)12(3)14(20)18-15(21)17-5-2/h12-13,16H,4-11H2,1-3H3,(H2,17,18,20,21). The SMILES string of the molecule is CCCNCC1CCN(C(C)C(=O)NC(=O)NCC)CC1. The van der Waals surface area contributed by atoms with Gasteiger partial charge in [-0.25, -0.2) is 4.79 Å². The van der Waals surface area contributed by atoms with Crippen molar-refractivity contribution < 1.29 is 9.59 Å². The Balaban J connectivity index is 2.29. The topological polar surface area (TPSA) is 73.5 Å². The Morgan fingerprint density at radius 3 is 2.48 bits per heavy atom. The molecular formula is C15H30N4O2. The van der Waals surface area contributed by atoms with Crippen LogP contribution in [0.1, 0.15) is 40.0 Å². The average molecular weight is 298 g/mol. The van der Waals surface area contributed by atoms with Crippen molar-refractivity contribution in [1.82, 2.24) is 20.9 Å². The highest BCUT2D eigenvalue weighted by atomic mass is 16.2. The van der Waals surface area contributed by atoms with Crippen molar-refractivity contribution in [2.24, 2.45) is 5.92 Å². The van der Waals surface area contributed by atoms with Crippen LogP contribution in [0.5, 0.6) is 0 Å². The van der Waals surface area contributed by atoms with E-state index in [-0.39, 0.29) is 11.9 Å². The fraction of sp³-hybridized carbons (Fsp3) is 0.867. The number of amides is 3. The number of hydrogen-bond acceptors (Lipinski definition) is 4. The van der Waals surface area contributed by atoms with Crippen LogP contribution in [-0.2, 0) is 4.79 Å². The molecule has 1 fully saturated rings. The number of urea groups is 1. The second-order valence-corrected chi connectivity index (χ2v) is 5.71. The van der Waals surface area contributed by atoms with Crippen LogP contribution >= 0.6 is 0 Å². The molecule has 6 nitrogen and oxygen atoms in total. The van der Waals surface area contributed by atoms with Crippen molar-refractivity contribution in [2.45, 2.75) is 46.1 Å². The molecule has 1 saturated heterocycles. The summed E-state index contributed by atoms with van der Waals surface area (Å²) in [6, 6.07) is -0.662. The Morgan fingerprint density at radius 2 is 1.90 bits per heavy atom. The lowest BCUT2D eigenvalue weighted by Gasteiger charge is -2.35. The van der Waals surface area contributed by atoms with Gasteiger partial charge in [-0.3, -0.25) is 15.0 Å². The second kappa shape index (κ2) is 9.73. The van der Waals surface area contributed by atoms with Crippen LogP contribution in [0.25, 0.3) is 0 Å². The third-order valence-corrected chi connectivity index (χ3v) is 4.01. The van der Waals surface area contributed by atoms with E-state index in [1.807, 2.05) is 13.8 Å². The summed E-state index contributed by atoms with van der Waals surface area (Å²) < 4.78 is 0. The number of hydrogen-bond donors (Lipinski definition) is 3. The number of carbonyl (C=O) groups is 2. The maximum absolute atomic E-state index is 12.0. The van der Waals surface area contributed by atoms with Gasteiger partial charge in [-0.15, -0.1) is 0 Å². The van der Waals surface area contributed by atoms with Gasteiger partial charge < -0.3 is 10.6 Å². The molecule has 1 atom stereocenters. The number of carbonyl (C=O) groups excluding carboxylic acids is 2. The molecule has 0 radical (unpaired) electrons. The van der Waals surface area contributed by atoms with E-state index in [1.165, 1.54) is 0 Å². The molecule has 1 unspecified atom stereocenters. The maximum atomic E-state index is 12.0. The summed E-state index contributed by atoms with van der Waals surface area (Å²) in [6.07, 6.45) is 3.38. The first-order valence-corrected chi connectivity index (χ1v) is 8.11. The monoisotopic (exact) mass is 298 g/mol. The van der Waals surface area contributed by atoms with E-state index in [2.05, 4.69) is 27.8 Å². The van der Waals surface area contributed by atoms with Gasteiger partial charge in [0.15, 0.2) is 0 Å². The first kappa shape index (κ1) is 17.9. The lowest BCUT2D eigenvalue weighted by atomic mass is 9.95. The van der Waals surface area contributed by atoms with Gasteiger partial charge in [-0.1, -0.05) is 6.92 Å². The molecule has 6 heteroatoms. The molecule has 0 aromatic rings. The summed E-state index contributed by atoms with van der Waals surface area (Å²) >= 11 is 0. The molecule has 0 saturated carbocycles. The number of nitrogens with zero attached hydrogens (tertiary/aromatic N) is 1. The molecule has 1 heterocycles. The molecule has 0 aromatic carbocycles.